The lowest BCUT2D eigenvalue weighted by atomic mass is 10.2. The Morgan fingerprint density at radius 3 is 2.92 bits per heavy atom. The maximum atomic E-state index is 12.1. The molecule has 0 saturated carbocycles. The van der Waals surface area contributed by atoms with E-state index in [1.54, 1.807) is 30.1 Å². The van der Waals surface area contributed by atoms with E-state index in [0.29, 0.717) is 12.2 Å². The van der Waals surface area contributed by atoms with E-state index < -0.39 is 0 Å². The van der Waals surface area contributed by atoms with Crippen LogP contribution in [0.25, 0.3) is 21.5 Å². The molecule has 0 fully saturated rings. The fraction of sp³-hybridized carbons (Fsp3) is 0.105. The molecule has 0 aliphatic heterocycles. The van der Waals surface area contributed by atoms with E-state index in [0.717, 1.165) is 32.0 Å². The highest BCUT2D eigenvalue weighted by atomic mass is 32.1. The largest absolute Gasteiger partial charge is 0.472 e. The minimum atomic E-state index is -0.268. The molecule has 130 valence electrons. The lowest BCUT2D eigenvalue weighted by molar-refractivity contribution is 0.251. The van der Waals surface area contributed by atoms with Crippen LogP contribution in [0.2, 0.25) is 0 Å². The number of aromatic nitrogens is 2. The Balaban J connectivity index is 1.35. The normalized spacial score (nSPS) is 10.8. The first-order chi connectivity index (χ1) is 12.7. The van der Waals surface area contributed by atoms with Gasteiger partial charge in [-0.25, -0.2) is 9.78 Å². The number of rotatable bonds is 4. The zero-order chi connectivity index (χ0) is 17.9. The van der Waals surface area contributed by atoms with Gasteiger partial charge in [-0.15, -0.1) is 11.3 Å². The summed E-state index contributed by atoms with van der Waals surface area (Å²) in [5, 5.41) is 6.67. The molecule has 0 aliphatic carbocycles. The first-order valence-electron chi connectivity index (χ1n) is 8.07. The van der Waals surface area contributed by atoms with E-state index in [-0.39, 0.29) is 6.03 Å². The molecule has 4 aromatic rings. The van der Waals surface area contributed by atoms with E-state index in [4.69, 9.17) is 4.42 Å². The van der Waals surface area contributed by atoms with Crippen molar-refractivity contribution in [1.82, 2.24) is 15.3 Å². The molecule has 3 heterocycles. The Kier molecular flexibility index (Phi) is 4.37. The lowest BCUT2D eigenvalue weighted by Crippen LogP contribution is -2.28. The number of furan rings is 1. The Labute approximate surface area is 153 Å². The number of nitrogens with zero attached hydrogens (tertiary/aromatic N) is 2. The third-order valence-corrected chi connectivity index (χ3v) is 4.80. The van der Waals surface area contributed by atoms with Crippen molar-refractivity contribution in [2.24, 2.45) is 0 Å². The number of carbonyl (C=O) groups excluding carboxylic acids is 1. The number of hydrogen-bond donors (Lipinski definition) is 2. The van der Waals surface area contributed by atoms with Crippen LogP contribution in [0.5, 0.6) is 0 Å². The van der Waals surface area contributed by atoms with Crippen LogP contribution in [0.15, 0.2) is 59.5 Å². The van der Waals surface area contributed by atoms with Crippen molar-refractivity contribution in [3.63, 3.8) is 0 Å². The van der Waals surface area contributed by atoms with Crippen molar-refractivity contribution in [3.05, 3.63) is 65.7 Å². The highest BCUT2D eigenvalue weighted by Crippen LogP contribution is 2.24. The summed E-state index contributed by atoms with van der Waals surface area (Å²) in [5.41, 5.74) is 4.28. The highest BCUT2D eigenvalue weighted by Gasteiger charge is 2.06. The Morgan fingerprint density at radius 2 is 2.15 bits per heavy atom. The highest BCUT2D eigenvalue weighted by molar-refractivity contribution is 7.18. The lowest BCUT2D eigenvalue weighted by Gasteiger charge is -2.08. The number of nitrogens with one attached hydrogen (secondary N) is 2. The predicted molar refractivity (Wildman–Crippen MR) is 102 cm³/mol. The van der Waals surface area contributed by atoms with Crippen LogP contribution in [0, 0.1) is 6.92 Å². The second-order valence-corrected chi connectivity index (χ2v) is 7.02. The van der Waals surface area contributed by atoms with Gasteiger partial charge in [0.1, 0.15) is 0 Å². The number of hydrogen-bond acceptors (Lipinski definition) is 5. The minimum absolute atomic E-state index is 0.268. The zero-order valence-corrected chi connectivity index (χ0v) is 14.8. The van der Waals surface area contributed by atoms with Gasteiger partial charge >= 0.3 is 6.03 Å². The van der Waals surface area contributed by atoms with Crippen molar-refractivity contribution in [2.45, 2.75) is 13.5 Å². The number of thiazole rings is 1. The predicted octanol–water partition coefficient (Wildman–Crippen LogP) is 4.58. The van der Waals surface area contributed by atoms with Gasteiger partial charge in [0.25, 0.3) is 0 Å². The number of fused-ring (bicyclic) bond motifs is 1. The summed E-state index contributed by atoms with van der Waals surface area (Å²) >= 11 is 1.64. The number of urea groups is 1. The molecule has 4 rings (SSSR count). The fourth-order valence-electron chi connectivity index (χ4n) is 2.59. The van der Waals surface area contributed by atoms with Gasteiger partial charge in [-0.2, -0.15) is 0 Å². The van der Waals surface area contributed by atoms with Crippen LogP contribution in [0.4, 0.5) is 10.5 Å². The first kappa shape index (κ1) is 16.3. The molecule has 6 nitrogen and oxygen atoms in total. The van der Waals surface area contributed by atoms with E-state index in [1.807, 2.05) is 43.3 Å². The number of aryl methyl sites for hydroxylation is 1. The van der Waals surface area contributed by atoms with Crippen molar-refractivity contribution in [1.29, 1.82) is 0 Å². The maximum Gasteiger partial charge on any atom is 0.319 e. The van der Waals surface area contributed by atoms with E-state index in [1.165, 1.54) is 0 Å². The van der Waals surface area contributed by atoms with E-state index in [2.05, 4.69) is 20.6 Å². The summed E-state index contributed by atoms with van der Waals surface area (Å²) < 4.78 is 6.16. The van der Waals surface area contributed by atoms with Crippen LogP contribution in [0.3, 0.4) is 0 Å². The second kappa shape index (κ2) is 6.97. The quantitative estimate of drug-likeness (QED) is 0.555. The molecule has 0 bridgehead atoms. The minimum Gasteiger partial charge on any atom is -0.472 e. The molecule has 2 N–H and O–H groups in total. The molecule has 2 amide bonds. The summed E-state index contributed by atoms with van der Waals surface area (Å²) in [7, 11) is 0. The van der Waals surface area contributed by atoms with Gasteiger partial charge in [-0.1, -0.05) is 6.07 Å². The topological polar surface area (TPSA) is 80.0 Å². The van der Waals surface area contributed by atoms with Crippen molar-refractivity contribution in [3.8, 4) is 11.3 Å². The molecule has 0 unspecified atom stereocenters. The van der Waals surface area contributed by atoms with Gasteiger partial charge in [0.15, 0.2) is 0 Å². The molecule has 0 radical (unpaired) electrons. The summed E-state index contributed by atoms with van der Waals surface area (Å²) in [6.07, 6.45) is 5.00. The molecule has 0 saturated heterocycles. The number of carbonyl (C=O) groups is 1. The third-order valence-electron chi connectivity index (χ3n) is 3.85. The molecule has 7 heteroatoms. The maximum absolute atomic E-state index is 12.1. The SMILES string of the molecule is Cc1nc2cc(NC(=O)NCc3ccc(-c4ccoc4)nc3)ccc2s1. The molecule has 26 heavy (non-hydrogen) atoms. The number of pyridine rings is 1. The van der Waals surface area contributed by atoms with E-state index in [9.17, 15) is 4.79 Å². The van der Waals surface area contributed by atoms with Gasteiger partial charge in [-0.05, 0) is 42.8 Å². The standard InChI is InChI=1S/C19H16N4O2S/c1-12-22-17-8-15(3-5-18(17)26-12)23-19(24)21-10-13-2-4-16(20-9-13)14-6-7-25-11-14/h2-9,11H,10H2,1H3,(H2,21,23,24). The smallest absolute Gasteiger partial charge is 0.319 e. The monoisotopic (exact) mass is 364 g/mol. The van der Waals surface area contributed by atoms with Crippen LogP contribution in [-0.2, 0) is 6.54 Å². The molecular weight excluding hydrogens is 348 g/mol. The molecular formula is C19H16N4O2S. The Hall–Kier alpha value is -3.19. The summed E-state index contributed by atoms with van der Waals surface area (Å²) in [6.45, 7) is 2.36. The van der Waals surface area contributed by atoms with Crippen molar-refractivity contribution >= 4 is 33.3 Å². The Bertz CT molecular complexity index is 1040. The average molecular weight is 364 g/mol. The summed E-state index contributed by atoms with van der Waals surface area (Å²) in [6, 6.07) is 11.1. The fourth-order valence-corrected chi connectivity index (χ4v) is 3.40. The van der Waals surface area contributed by atoms with Crippen LogP contribution >= 0.6 is 11.3 Å². The molecule has 0 aliphatic rings. The first-order valence-corrected chi connectivity index (χ1v) is 8.88. The van der Waals surface area contributed by atoms with Gasteiger partial charge in [0.2, 0.25) is 0 Å². The second-order valence-electron chi connectivity index (χ2n) is 5.79. The molecule has 0 atom stereocenters. The number of benzene rings is 1. The molecule has 0 spiro atoms. The molecule has 1 aromatic carbocycles. The third kappa shape index (κ3) is 3.57. The zero-order valence-electron chi connectivity index (χ0n) is 14.0. The summed E-state index contributed by atoms with van der Waals surface area (Å²) in [4.78, 5) is 20.9. The average Bonchev–Trinajstić information content (AvgIpc) is 3.29. The summed E-state index contributed by atoms with van der Waals surface area (Å²) in [5.74, 6) is 0. The van der Waals surface area contributed by atoms with Crippen LogP contribution in [0.1, 0.15) is 10.6 Å². The van der Waals surface area contributed by atoms with Crippen LogP contribution < -0.4 is 10.6 Å². The van der Waals surface area contributed by atoms with Crippen molar-refractivity contribution in [2.75, 3.05) is 5.32 Å². The Morgan fingerprint density at radius 1 is 1.23 bits per heavy atom. The van der Waals surface area contributed by atoms with Crippen LogP contribution in [-0.4, -0.2) is 16.0 Å². The van der Waals surface area contributed by atoms with Crippen molar-refractivity contribution < 1.29 is 9.21 Å². The number of amides is 2. The van der Waals surface area contributed by atoms with Gasteiger partial charge in [0, 0.05) is 24.0 Å². The van der Waals surface area contributed by atoms with Gasteiger partial charge in [-0.3, -0.25) is 4.98 Å². The van der Waals surface area contributed by atoms with Gasteiger partial charge < -0.3 is 15.1 Å². The number of anilines is 1. The van der Waals surface area contributed by atoms with E-state index >= 15 is 0 Å². The molecule has 3 aromatic heterocycles. The van der Waals surface area contributed by atoms with Gasteiger partial charge in [0.05, 0.1) is 33.4 Å².